The topological polar surface area (TPSA) is 46.3 Å². The molecule has 0 spiro atoms. The second-order valence-corrected chi connectivity index (χ2v) is 7.06. The van der Waals surface area contributed by atoms with Crippen LogP contribution in [0.2, 0.25) is 0 Å². The van der Waals surface area contributed by atoms with Gasteiger partial charge in [-0.25, -0.2) is 0 Å². The van der Waals surface area contributed by atoms with Crippen molar-refractivity contribution in [2.75, 3.05) is 0 Å². The van der Waals surface area contributed by atoms with Gasteiger partial charge in [0, 0.05) is 11.4 Å². The predicted octanol–water partition coefficient (Wildman–Crippen LogP) is 2.92. The van der Waals surface area contributed by atoms with Gasteiger partial charge in [-0.1, -0.05) is 30.3 Å². The molecule has 2 aromatic rings. The largest absolute Gasteiger partial charge is 0.327 e. The first-order valence-electron chi connectivity index (χ1n) is 6.02. The Labute approximate surface area is 124 Å². The number of likely N-dealkylation sites (tertiary alicyclic amines) is 1. The van der Waals surface area contributed by atoms with Crippen LogP contribution in [-0.4, -0.2) is 16.8 Å². The number of β-lactam (4-membered cyclic amide) rings is 1. The number of thiophene rings is 1. The Balaban J connectivity index is 1.82. The Morgan fingerprint density at radius 1 is 1.21 bits per heavy atom. The van der Waals surface area contributed by atoms with Gasteiger partial charge in [-0.15, -0.1) is 11.3 Å². The van der Waals surface area contributed by atoms with E-state index in [1.807, 2.05) is 47.4 Å². The van der Waals surface area contributed by atoms with Crippen molar-refractivity contribution in [3.05, 3.63) is 56.7 Å². The smallest absolute Gasteiger partial charge is 0.242 e. The molecule has 0 aliphatic carbocycles. The number of halogens is 1. The number of nitrogens with zero attached hydrogens (tertiary/aromatic N) is 1. The summed E-state index contributed by atoms with van der Waals surface area (Å²) in [5.41, 5.74) is 7.08. The van der Waals surface area contributed by atoms with Crippen LogP contribution in [0.4, 0.5) is 0 Å². The van der Waals surface area contributed by atoms with E-state index < -0.39 is 6.04 Å². The van der Waals surface area contributed by atoms with E-state index in [0.717, 1.165) is 14.2 Å². The molecule has 19 heavy (non-hydrogen) atoms. The van der Waals surface area contributed by atoms with Crippen molar-refractivity contribution in [2.24, 2.45) is 5.73 Å². The lowest BCUT2D eigenvalue weighted by atomic mass is 9.93. The molecular weight excluding hydrogens is 324 g/mol. The highest BCUT2D eigenvalue weighted by Gasteiger charge is 2.46. The molecule has 0 unspecified atom stereocenters. The van der Waals surface area contributed by atoms with E-state index in [1.54, 1.807) is 11.3 Å². The fraction of sp³-hybridized carbons (Fsp3) is 0.214. The monoisotopic (exact) mass is 336 g/mol. The number of nitrogens with two attached hydrogens (primary N) is 1. The van der Waals surface area contributed by atoms with Crippen molar-refractivity contribution < 1.29 is 4.79 Å². The maximum absolute atomic E-state index is 12.0. The summed E-state index contributed by atoms with van der Waals surface area (Å²) in [5.74, 6) is 0.0263. The van der Waals surface area contributed by atoms with E-state index in [0.29, 0.717) is 6.54 Å². The van der Waals surface area contributed by atoms with Gasteiger partial charge in [-0.05, 0) is 33.6 Å². The van der Waals surface area contributed by atoms with Crippen LogP contribution in [0.3, 0.4) is 0 Å². The highest BCUT2D eigenvalue weighted by atomic mass is 79.9. The van der Waals surface area contributed by atoms with Crippen LogP contribution in [0, 0.1) is 0 Å². The molecule has 2 atom stereocenters. The lowest BCUT2D eigenvalue weighted by Crippen LogP contribution is -2.62. The van der Waals surface area contributed by atoms with Gasteiger partial charge in [0.2, 0.25) is 5.91 Å². The van der Waals surface area contributed by atoms with Gasteiger partial charge in [0.1, 0.15) is 6.04 Å². The minimum Gasteiger partial charge on any atom is -0.327 e. The van der Waals surface area contributed by atoms with E-state index in [1.165, 1.54) is 0 Å². The van der Waals surface area contributed by atoms with Gasteiger partial charge in [0.05, 0.1) is 9.83 Å². The molecule has 1 saturated heterocycles. The molecule has 2 N–H and O–H groups in total. The summed E-state index contributed by atoms with van der Waals surface area (Å²) in [7, 11) is 0. The lowest BCUT2D eigenvalue weighted by molar-refractivity contribution is -0.150. The average Bonchev–Trinajstić information content (AvgIpc) is 2.85. The Bertz CT molecular complexity index is 599. The van der Waals surface area contributed by atoms with Crippen molar-refractivity contribution in [2.45, 2.75) is 18.6 Å². The zero-order chi connectivity index (χ0) is 13.4. The van der Waals surface area contributed by atoms with Gasteiger partial charge in [-0.3, -0.25) is 4.79 Å². The first-order chi connectivity index (χ1) is 9.16. The number of rotatable bonds is 3. The Hall–Kier alpha value is -1.17. The van der Waals surface area contributed by atoms with E-state index in [4.69, 9.17) is 5.73 Å². The molecule has 1 amide bonds. The zero-order valence-electron chi connectivity index (χ0n) is 10.1. The van der Waals surface area contributed by atoms with Crippen LogP contribution in [0.15, 0.2) is 46.3 Å². The summed E-state index contributed by atoms with van der Waals surface area (Å²) in [6, 6.07) is 13.6. The Morgan fingerprint density at radius 2 is 1.95 bits per heavy atom. The van der Waals surface area contributed by atoms with Gasteiger partial charge in [0.15, 0.2) is 0 Å². The lowest BCUT2D eigenvalue weighted by Gasteiger charge is -2.45. The first-order valence-corrected chi connectivity index (χ1v) is 7.63. The van der Waals surface area contributed by atoms with Crippen LogP contribution < -0.4 is 5.73 Å². The molecule has 1 aliphatic heterocycles. The van der Waals surface area contributed by atoms with Crippen LogP contribution in [0.25, 0.3) is 0 Å². The number of benzene rings is 1. The maximum Gasteiger partial charge on any atom is 0.242 e. The van der Waals surface area contributed by atoms with Crippen molar-refractivity contribution in [1.82, 2.24) is 4.90 Å². The minimum atomic E-state index is -0.408. The summed E-state index contributed by atoms with van der Waals surface area (Å²) in [4.78, 5) is 14.9. The summed E-state index contributed by atoms with van der Waals surface area (Å²) in [6.07, 6.45) is 0. The van der Waals surface area contributed by atoms with Gasteiger partial charge >= 0.3 is 0 Å². The number of amides is 1. The molecule has 3 nitrogen and oxygen atoms in total. The van der Waals surface area contributed by atoms with Crippen molar-refractivity contribution >= 4 is 33.2 Å². The van der Waals surface area contributed by atoms with Gasteiger partial charge < -0.3 is 10.6 Å². The van der Waals surface area contributed by atoms with Gasteiger partial charge in [-0.2, -0.15) is 0 Å². The SMILES string of the molecule is N[C@H]1C(=O)N(Cc2ccccc2)[C@@H]1c1ccc(Br)s1. The molecular formula is C14H13BrN2OS. The van der Waals surface area contributed by atoms with Crippen molar-refractivity contribution in [1.29, 1.82) is 0 Å². The molecule has 5 heteroatoms. The van der Waals surface area contributed by atoms with Crippen LogP contribution in [0.5, 0.6) is 0 Å². The number of hydrogen-bond acceptors (Lipinski definition) is 3. The second kappa shape index (κ2) is 5.07. The number of carbonyl (C=O) groups excluding carboxylic acids is 1. The highest BCUT2D eigenvalue weighted by Crippen LogP contribution is 2.39. The number of carbonyl (C=O) groups is 1. The first kappa shape index (κ1) is 12.8. The third-order valence-corrected chi connectivity index (χ3v) is 5.02. The van der Waals surface area contributed by atoms with Crippen LogP contribution in [-0.2, 0) is 11.3 Å². The van der Waals surface area contributed by atoms with Crippen molar-refractivity contribution in [3.63, 3.8) is 0 Å². The third-order valence-electron chi connectivity index (χ3n) is 3.33. The predicted molar refractivity (Wildman–Crippen MR) is 79.7 cm³/mol. The summed E-state index contributed by atoms with van der Waals surface area (Å²) >= 11 is 5.08. The van der Waals surface area contributed by atoms with Crippen molar-refractivity contribution in [3.8, 4) is 0 Å². The minimum absolute atomic E-state index is 0.00371. The molecule has 0 radical (unpaired) electrons. The standard InChI is InChI=1S/C14H13BrN2OS/c15-11-7-6-10(19-11)13-12(16)14(18)17(13)8-9-4-2-1-3-5-9/h1-7,12-13H,8,16H2/t12-,13-/m1/s1. The van der Waals surface area contributed by atoms with Gasteiger partial charge in [0.25, 0.3) is 0 Å². The number of hydrogen-bond donors (Lipinski definition) is 1. The maximum atomic E-state index is 12.0. The van der Waals surface area contributed by atoms with Crippen LogP contribution in [0.1, 0.15) is 16.5 Å². The Kier molecular flexibility index (Phi) is 3.43. The zero-order valence-corrected chi connectivity index (χ0v) is 12.5. The molecule has 2 heterocycles. The molecule has 1 aliphatic rings. The molecule has 1 fully saturated rings. The molecule has 1 aromatic carbocycles. The highest BCUT2D eigenvalue weighted by molar-refractivity contribution is 9.11. The molecule has 3 rings (SSSR count). The second-order valence-electron chi connectivity index (χ2n) is 4.56. The summed E-state index contributed by atoms with van der Waals surface area (Å²) in [5, 5.41) is 0. The quantitative estimate of drug-likeness (QED) is 0.876. The Morgan fingerprint density at radius 3 is 2.58 bits per heavy atom. The summed E-state index contributed by atoms with van der Waals surface area (Å²) < 4.78 is 1.06. The molecule has 0 bridgehead atoms. The van der Waals surface area contributed by atoms with E-state index in [9.17, 15) is 4.79 Å². The molecule has 98 valence electrons. The van der Waals surface area contributed by atoms with E-state index in [-0.39, 0.29) is 11.9 Å². The van der Waals surface area contributed by atoms with Crippen LogP contribution >= 0.6 is 27.3 Å². The average molecular weight is 337 g/mol. The summed E-state index contributed by atoms with van der Waals surface area (Å²) in [6.45, 7) is 0.619. The third kappa shape index (κ3) is 2.33. The van der Waals surface area contributed by atoms with E-state index in [2.05, 4.69) is 15.9 Å². The van der Waals surface area contributed by atoms with E-state index >= 15 is 0 Å². The fourth-order valence-electron chi connectivity index (χ4n) is 2.35. The normalized spacial score (nSPS) is 22.4. The fourth-order valence-corrected chi connectivity index (χ4v) is 3.93. The molecule has 1 aromatic heterocycles. The molecule has 0 saturated carbocycles.